The van der Waals surface area contributed by atoms with Crippen molar-refractivity contribution in [3.63, 3.8) is 0 Å². The number of ether oxygens (including phenoxy) is 1. The molecule has 0 radical (unpaired) electrons. The van der Waals surface area contributed by atoms with Crippen molar-refractivity contribution >= 4 is 11.6 Å². The number of carbonyl (C=O) groups excluding carboxylic acids is 1. The summed E-state index contributed by atoms with van der Waals surface area (Å²) in [5, 5.41) is 6.40. The van der Waals surface area contributed by atoms with Crippen molar-refractivity contribution in [1.82, 2.24) is 10.3 Å². The van der Waals surface area contributed by atoms with Crippen LogP contribution in [0.5, 0.6) is 0 Å². The number of anilines is 1. The van der Waals surface area contributed by atoms with Crippen molar-refractivity contribution in [3.8, 4) is 0 Å². The molecule has 120 valence electrons. The van der Waals surface area contributed by atoms with E-state index in [0.29, 0.717) is 18.3 Å². The second-order valence-corrected chi connectivity index (χ2v) is 6.26. The average molecular weight is 303 g/mol. The summed E-state index contributed by atoms with van der Waals surface area (Å²) < 4.78 is 5.50. The normalized spacial score (nSPS) is 22.5. The van der Waals surface area contributed by atoms with Gasteiger partial charge in [0.2, 0.25) is 0 Å². The van der Waals surface area contributed by atoms with E-state index >= 15 is 0 Å². The molecule has 1 aliphatic carbocycles. The molecule has 0 bridgehead atoms. The standard InChI is InChI=1S/C17H25N3O2/c21-17(19-12-15-7-4-10-22-15)16-9-8-14(11-18-16)20-13-5-2-1-3-6-13/h8-9,11,13,15,20H,1-7,10,12H2,(H,19,21). The molecule has 3 rings (SSSR count). The second kappa shape index (κ2) is 7.58. The monoisotopic (exact) mass is 303 g/mol. The Bertz CT molecular complexity index is 477. The summed E-state index contributed by atoms with van der Waals surface area (Å²) in [6.45, 7) is 1.38. The van der Waals surface area contributed by atoms with Gasteiger partial charge in [-0.25, -0.2) is 4.98 Å². The van der Waals surface area contributed by atoms with E-state index in [1.165, 1.54) is 32.1 Å². The van der Waals surface area contributed by atoms with Crippen LogP contribution in [0.1, 0.15) is 55.4 Å². The van der Waals surface area contributed by atoms with E-state index in [4.69, 9.17) is 4.74 Å². The molecule has 1 saturated carbocycles. The minimum Gasteiger partial charge on any atom is -0.381 e. The molecular weight excluding hydrogens is 278 g/mol. The van der Waals surface area contributed by atoms with Crippen molar-refractivity contribution < 1.29 is 9.53 Å². The zero-order valence-corrected chi connectivity index (χ0v) is 13.0. The Morgan fingerprint density at radius 2 is 2.05 bits per heavy atom. The first-order valence-electron chi connectivity index (χ1n) is 8.43. The van der Waals surface area contributed by atoms with Crippen molar-refractivity contribution in [2.75, 3.05) is 18.5 Å². The first-order valence-corrected chi connectivity index (χ1v) is 8.43. The summed E-state index contributed by atoms with van der Waals surface area (Å²) in [7, 11) is 0. The van der Waals surface area contributed by atoms with Crippen molar-refractivity contribution in [3.05, 3.63) is 24.0 Å². The van der Waals surface area contributed by atoms with Gasteiger partial charge in [0.25, 0.3) is 5.91 Å². The lowest BCUT2D eigenvalue weighted by molar-refractivity contribution is 0.0854. The summed E-state index contributed by atoms with van der Waals surface area (Å²) in [5.41, 5.74) is 1.47. The quantitative estimate of drug-likeness (QED) is 0.878. The molecular formula is C17H25N3O2. The average Bonchev–Trinajstić information content (AvgIpc) is 3.08. The smallest absolute Gasteiger partial charge is 0.269 e. The van der Waals surface area contributed by atoms with Crippen LogP contribution in [0.2, 0.25) is 0 Å². The molecule has 5 nitrogen and oxygen atoms in total. The van der Waals surface area contributed by atoms with Gasteiger partial charge >= 0.3 is 0 Å². The fourth-order valence-corrected chi connectivity index (χ4v) is 3.20. The topological polar surface area (TPSA) is 63.2 Å². The van der Waals surface area contributed by atoms with E-state index in [0.717, 1.165) is 25.1 Å². The summed E-state index contributed by atoms with van der Waals surface area (Å²) in [5.74, 6) is -0.125. The van der Waals surface area contributed by atoms with Gasteiger partial charge < -0.3 is 15.4 Å². The van der Waals surface area contributed by atoms with Gasteiger partial charge in [-0.3, -0.25) is 4.79 Å². The van der Waals surface area contributed by atoms with Gasteiger partial charge in [0.15, 0.2) is 0 Å². The Balaban J connectivity index is 1.48. The number of hydrogen-bond acceptors (Lipinski definition) is 4. The highest BCUT2D eigenvalue weighted by Crippen LogP contribution is 2.21. The Morgan fingerprint density at radius 3 is 2.73 bits per heavy atom. The van der Waals surface area contributed by atoms with Crippen molar-refractivity contribution in [1.29, 1.82) is 0 Å². The predicted molar refractivity (Wildman–Crippen MR) is 86.0 cm³/mol. The summed E-state index contributed by atoms with van der Waals surface area (Å²) in [4.78, 5) is 16.3. The van der Waals surface area contributed by atoms with Crippen LogP contribution >= 0.6 is 0 Å². The maximum Gasteiger partial charge on any atom is 0.269 e. The zero-order valence-electron chi connectivity index (χ0n) is 13.0. The summed E-state index contributed by atoms with van der Waals surface area (Å²) >= 11 is 0. The first kappa shape index (κ1) is 15.3. The molecule has 1 atom stereocenters. The summed E-state index contributed by atoms with van der Waals surface area (Å²) in [6.07, 6.45) is 10.4. The largest absolute Gasteiger partial charge is 0.381 e. The number of nitrogens with zero attached hydrogens (tertiary/aromatic N) is 1. The first-order chi connectivity index (χ1) is 10.8. The van der Waals surface area contributed by atoms with Gasteiger partial charge in [0.1, 0.15) is 5.69 Å². The molecule has 22 heavy (non-hydrogen) atoms. The number of aromatic nitrogens is 1. The lowest BCUT2D eigenvalue weighted by Gasteiger charge is -2.23. The van der Waals surface area contributed by atoms with Crippen LogP contribution in [0.15, 0.2) is 18.3 Å². The van der Waals surface area contributed by atoms with Crippen LogP contribution in [-0.2, 0) is 4.74 Å². The number of amides is 1. The van der Waals surface area contributed by atoms with Gasteiger partial charge in [0.05, 0.1) is 18.0 Å². The molecule has 0 spiro atoms. The highest BCUT2D eigenvalue weighted by molar-refractivity contribution is 5.92. The lowest BCUT2D eigenvalue weighted by Crippen LogP contribution is -2.32. The highest BCUT2D eigenvalue weighted by Gasteiger charge is 2.17. The maximum absolute atomic E-state index is 12.1. The van der Waals surface area contributed by atoms with Gasteiger partial charge in [-0.2, -0.15) is 0 Å². The van der Waals surface area contributed by atoms with Gasteiger partial charge in [-0.1, -0.05) is 19.3 Å². The number of rotatable bonds is 5. The Labute approximate surface area is 131 Å². The van der Waals surface area contributed by atoms with Crippen LogP contribution < -0.4 is 10.6 Å². The number of hydrogen-bond donors (Lipinski definition) is 2. The van der Waals surface area contributed by atoms with E-state index in [1.54, 1.807) is 12.3 Å². The van der Waals surface area contributed by atoms with Gasteiger partial charge in [-0.15, -0.1) is 0 Å². The fraction of sp³-hybridized carbons (Fsp3) is 0.647. The van der Waals surface area contributed by atoms with E-state index < -0.39 is 0 Å². The van der Waals surface area contributed by atoms with E-state index in [9.17, 15) is 4.79 Å². The van der Waals surface area contributed by atoms with E-state index in [1.807, 2.05) is 6.07 Å². The fourth-order valence-electron chi connectivity index (χ4n) is 3.20. The van der Waals surface area contributed by atoms with Crippen LogP contribution in [0.3, 0.4) is 0 Å². The molecule has 1 aliphatic heterocycles. The molecule has 1 saturated heterocycles. The molecule has 1 amide bonds. The van der Waals surface area contributed by atoms with Crippen LogP contribution in [-0.4, -0.2) is 36.2 Å². The second-order valence-electron chi connectivity index (χ2n) is 6.26. The molecule has 2 aliphatic rings. The van der Waals surface area contributed by atoms with Crippen LogP contribution in [0, 0.1) is 0 Å². The maximum atomic E-state index is 12.1. The van der Waals surface area contributed by atoms with E-state index in [-0.39, 0.29) is 12.0 Å². The van der Waals surface area contributed by atoms with Crippen molar-refractivity contribution in [2.24, 2.45) is 0 Å². The third kappa shape index (κ3) is 4.19. The predicted octanol–water partition coefficient (Wildman–Crippen LogP) is 2.74. The van der Waals surface area contributed by atoms with Crippen LogP contribution in [0.25, 0.3) is 0 Å². The Kier molecular flexibility index (Phi) is 5.27. The molecule has 0 aromatic carbocycles. The van der Waals surface area contributed by atoms with Crippen molar-refractivity contribution in [2.45, 2.75) is 57.1 Å². The summed E-state index contributed by atoms with van der Waals surface area (Å²) in [6, 6.07) is 4.29. The molecule has 2 N–H and O–H groups in total. The molecule has 2 fully saturated rings. The SMILES string of the molecule is O=C(NCC1CCCO1)c1ccc(NC2CCCCC2)cn1. The zero-order chi connectivity index (χ0) is 15.2. The lowest BCUT2D eigenvalue weighted by atomic mass is 9.95. The third-order valence-corrected chi connectivity index (χ3v) is 4.49. The minimum absolute atomic E-state index is 0.125. The molecule has 1 aromatic rings. The Morgan fingerprint density at radius 1 is 1.18 bits per heavy atom. The highest BCUT2D eigenvalue weighted by atomic mass is 16.5. The van der Waals surface area contributed by atoms with Gasteiger partial charge in [-0.05, 0) is 37.8 Å². The van der Waals surface area contributed by atoms with Gasteiger partial charge in [0, 0.05) is 19.2 Å². The van der Waals surface area contributed by atoms with E-state index in [2.05, 4.69) is 15.6 Å². The molecule has 1 aromatic heterocycles. The van der Waals surface area contributed by atoms with Crippen LogP contribution in [0.4, 0.5) is 5.69 Å². The molecule has 1 unspecified atom stereocenters. The number of nitrogens with one attached hydrogen (secondary N) is 2. The number of pyridine rings is 1. The third-order valence-electron chi connectivity index (χ3n) is 4.49. The molecule has 2 heterocycles. The molecule has 5 heteroatoms. The Hall–Kier alpha value is -1.62. The number of carbonyl (C=O) groups is 1. The minimum atomic E-state index is -0.125.